The molecule has 0 radical (unpaired) electrons. The van der Waals surface area contributed by atoms with Gasteiger partial charge in [-0.05, 0) is 36.5 Å². The highest BCUT2D eigenvalue weighted by Gasteiger charge is 2.35. The number of anilines is 1. The van der Waals surface area contributed by atoms with E-state index in [1.54, 1.807) is 0 Å². The number of hydrogen-bond donors (Lipinski definition) is 2. The van der Waals surface area contributed by atoms with E-state index in [1.807, 2.05) is 0 Å². The highest BCUT2D eigenvalue weighted by atomic mass is 35.5. The molecule has 0 saturated heterocycles. The molecular weight excluding hydrogens is 421 g/mol. The predicted molar refractivity (Wildman–Crippen MR) is 90.9 cm³/mol. The first-order chi connectivity index (χ1) is 12.4. The molecular formula is C16H10ClF7N2S. The molecule has 11 heteroatoms. The third-order valence-electron chi connectivity index (χ3n) is 3.35. The summed E-state index contributed by atoms with van der Waals surface area (Å²) in [7, 11) is 0. The van der Waals surface area contributed by atoms with Crippen molar-refractivity contribution in [1.29, 1.82) is 0 Å². The third-order valence-corrected chi connectivity index (χ3v) is 3.93. The summed E-state index contributed by atoms with van der Waals surface area (Å²) in [6, 6.07) is 5.74. The van der Waals surface area contributed by atoms with Gasteiger partial charge in [-0.25, -0.2) is 4.39 Å². The lowest BCUT2D eigenvalue weighted by molar-refractivity contribution is -0.140. The Morgan fingerprint density at radius 2 is 1.59 bits per heavy atom. The van der Waals surface area contributed by atoms with Gasteiger partial charge in [0.05, 0.1) is 16.1 Å². The zero-order chi connectivity index (χ0) is 20.4. The van der Waals surface area contributed by atoms with Gasteiger partial charge in [0.15, 0.2) is 5.11 Å². The van der Waals surface area contributed by atoms with Gasteiger partial charge in [0.25, 0.3) is 0 Å². The van der Waals surface area contributed by atoms with Gasteiger partial charge in [0, 0.05) is 17.8 Å². The fraction of sp³-hybridized carbons (Fsp3) is 0.188. The molecule has 0 fully saturated rings. The van der Waals surface area contributed by atoms with E-state index in [0.717, 1.165) is 24.3 Å². The minimum atomic E-state index is -4.85. The summed E-state index contributed by atoms with van der Waals surface area (Å²) in [4.78, 5) is 0. The maximum atomic E-state index is 13.9. The average molecular weight is 431 g/mol. The summed E-state index contributed by atoms with van der Waals surface area (Å²) < 4.78 is 90.4. The van der Waals surface area contributed by atoms with Gasteiger partial charge in [0.1, 0.15) is 5.82 Å². The molecule has 0 unspecified atom stereocenters. The molecule has 0 atom stereocenters. The lowest BCUT2D eigenvalue weighted by Gasteiger charge is -2.15. The largest absolute Gasteiger partial charge is 0.419 e. The molecule has 0 aromatic heterocycles. The van der Waals surface area contributed by atoms with Crippen LogP contribution in [0.3, 0.4) is 0 Å². The van der Waals surface area contributed by atoms with E-state index in [1.165, 1.54) is 6.07 Å². The zero-order valence-corrected chi connectivity index (χ0v) is 14.7. The average Bonchev–Trinajstić information content (AvgIpc) is 2.53. The predicted octanol–water partition coefficient (Wildman–Crippen LogP) is 6.00. The minimum absolute atomic E-state index is 0.0475. The molecule has 146 valence electrons. The van der Waals surface area contributed by atoms with Gasteiger partial charge in [-0.3, -0.25) is 0 Å². The molecule has 0 aliphatic carbocycles. The Kier molecular flexibility index (Phi) is 6.21. The van der Waals surface area contributed by atoms with Crippen molar-refractivity contribution in [3.8, 4) is 0 Å². The Morgan fingerprint density at radius 1 is 0.963 bits per heavy atom. The summed E-state index contributed by atoms with van der Waals surface area (Å²) >= 11 is 10.4. The summed E-state index contributed by atoms with van der Waals surface area (Å²) in [5, 5.41) is 4.16. The molecule has 0 heterocycles. The quantitative estimate of drug-likeness (QED) is 0.461. The molecule has 2 rings (SSSR count). The Hall–Kier alpha value is -2.07. The highest BCUT2D eigenvalue weighted by molar-refractivity contribution is 7.80. The molecule has 27 heavy (non-hydrogen) atoms. The van der Waals surface area contributed by atoms with Crippen LogP contribution >= 0.6 is 23.8 Å². The topological polar surface area (TPSA) is 24.1 Å². The molecule has 2 nitrogen and oxygen atoms in total. The number of rotatable bonds is 3. The van der Waals surface area contributed by atoms with E-state index < -0.39 is 40.9 Å². The Morgan fingerprint density at radius 3 is 2.19 bits per heavy atom. The van der Waals surface area contributed by atoms with Crippen LogP contribution in [-0.4, -0.2) is 5.11 Å². The van der Waals surface area contributed by atoms with Gasteiger partial charge < -0.3 is 10.6 Å². The fourth-order valence-corrected chi connectivity index (χ4v) is 2.52. The van der Waals surface area contributed by atoms with Crippen molar-refractivity contribution in [1.82, 2.24) is 5.32 Å². The van der Waals surface area contributed by atoms with Crippen molar-refractivity contribution in [2.45, 2.75) is 18.9 Å². The zero-order valence-electron chi connectivity index (χ0n) is 13.1. The van der Waals surface area contributed by atoms with Crippen LogP contribution in [0.2, 0.25) is 5.02 Å². The van der Waals surface area contributed by atoms with Crippen molar-refractivity contribution in [3.05, 3.63) is 63.9 Å². The molecule has 2 N–H and O–H groups in total. The second kappa shape index (κ2) is 7.89. The fourth-order valence-electron chi connectivity index (χ4n) is 2.11. The van der Waals surface area contributed by atoms with Crippen molar-refractivity contribution in [3.63, 3.8) is 0 Å². The summed E-state index contributed by atoms with van der Waals surface area (Å²) in [6.07, 6.45) is -9.53. The molecule has 0 bridgehead atoms. The number of nitrogens with one attached hydrogen (secondary N) is 2. The SMILES string of the molecule is Fc1c(CNC(=S)Nc2ccc(Cl)c(C(F)(F)F)c2)cccc1C(F)(F)F. The normalized spacial score (nSPS) is 12.0. The lowest BCUT2D eigenvalue weighted by Crippen LogP contribution is -2.28. The standard InChI is InChI=1S/C16H10ClF7N2S/c17-12-5-4-9(6-11(12)16(22,23)24)26-14(27)25-7-8-2-1-3-10(13(8)18)15(19,20)21/h1-6H,7H2,(H2,25,26,27). The Balaban J connectivity index is 2.08. The van der Waals surface area contributed by atoms with Gasteiger partial charge >= 0.3 is 12.4 Å². The van der Waals surface area contributed by atoms with Gasteiger partial charge in [-0.2, -0.15) is 26.3 Å². The van der Waals surface area contributed by atoms with Crippen LogP contribution in [0.1, 0.15) is 16.7 Å². The van der Waals surface area contributed by atoms with Gasteiger partial charge in [0.2, 0.25) is 0 Å². The molecule has 0 spiro atoms. The van der Waals surface area contributed by atoms with Crippen molar-refractivity contribution < 1.29 is 30.7 Å². The second-order valence-corrected chi connectivity index (χ2v) is 6.09. The summed E-state index contributed by atoms with van der Waals surface area (Å²) in [5.74, 6) is -1.45. The molecule has 2 aromatic carbocycles. The van der Waals surface area contributed by atoms with E-state index in [0.29, 0.717) is 6.07 Å². The van der Waals surface area contributed by atoms with Crippen molar-refractivity contribution >= 4 is 34.6 Å². The molecule has 0 saturated carbocycles. The van der Waals surface area contributed by atoms with Crippen LogP contribution < -0.4 is 10.6 Å². The number of thiocarbonyl (C=S) groups is 1. The van der Waals surface area contributed by atoms with E-state index in [9.17, 15) is 30.7 Å². The number of halogens is 8. The molecule has 0 amide bonds. The van der Waals surface area contributed by atoms with Crippen LogP contribution in [0.25, 0.3) is 0 Å². The molecule has 0 aliphatic rings. The Bertz CT molecular complexity index is 850. The van der Waals surface area contributed by atoms with Crippen molar-refractivity contribution in [2.75, 3.05) is 5.32 Å². The monoisotopic (exact) mass is 430 g/mol. The van der Waals surface area contributed by atoms with Crippen LogP contribution in [-0.2, 0) is 18.9 Å². The first-order valence-electron chi connectivity index (χ1n) is 7.16. The van der Waals surface area contributed by atoms with E-state index >= 15 is 0 Å². The maximum Gasteiger partial charge on any atom is 0.419 e. The Labute approximate surface area is 159 Å². The third kappa shape index (κ3) is 5.46. The number of alkyl halides is 6. The first kappa shape index (κ1) is 21.2. The number of hydrogen-bond acceptors (Lipinski definition) is 1. The lowest BCUT2D eigenvalue weighted by atomic mass is 10.1. The number of benzene rings is 2. The molecule has 2 aromatic rings. The maximum absolute atomic E-state index is 13.9. The van der Waals surface area contributed by atoms with Gasteiger partial charge in [-0.1, -0.05) is 23.7 Å². The smallest absolute Gasteiger partial charge is 0.358 e. The van der Waals surface area contributed by atoms with Gasteiger partial charge in [-0.15, -0.1) is 0 Å². The van der Waals surface area contributed by atoms with E-state index in [4.69, 9.17) is 23.8 Å². The van der Waals surface area contributed by atoms with Crippen LogP contribution in [0.5, 0.6) is 0 Å². The van der Waals surface area contributed by atoms with Crippen LogP contribution in [0, 0.1) is 5.82 Å². The summed E-state index contributed by atoms with van der Waals surface area (Å²) in [5.41, 5.74) is -2.86. The van der Waals surface area contributed by atoms with E-state index in [-0.39, 0.29) is 16.4 Å². The summed E-state index contributed by atoms with van der Waals surface area (Å²) in [6.45, 7) is -0.401. The van der Waals surface area contributed by atoms with Crippen LogP contribution in [0.4, 0.5) is 36.4 Å². The minimum Gasteiger partial charge on any atom is -0.358 e. The van der Waals surface area contributed by atoms with Crippen molar-refractivity contribution in [2.24, 2.45) is 0 Å². The van der Waals surface area contributed by atoms with Crippen LogP contribution in [0.15, 0.2) is 36.4 Å². The first-order valence-corrected chi connectivity index (χ1v) is 7.94. The van der Waals surface area contributed by atoms with E-state index in [2.05, 4.69) is 10.6 Å². The second-order valence-electron chi connectivity index (χ2n) is 5.28. The highest BCUT2D eigenvalue weighted by Crippen LogP contribution is 2.36. The molecule has 0 aliphatic heterocycles.